The van der Waals surface area contributed by atoms with E-state index in [0.717, 1.165) is 12.8 Å². The average Bonchev–Trinajstić information content (AvgIpc) is 2.65. The molecule has 1 aromatic heterocycles. The molecular weight excluding hydrogens is 204 g/mol. The van der Waals surface area contributed by atoms with Crippen LogP contribution in [0, 0.1) is 6.92 Å². The van der Waals surface area contributed by atoms with Crippen molar-refractivity contribution < 1.29 is 9.32 Å². The van der Waals surface area contributed by atoms with Crippen LogP contribution < -0.4 is 5.32 Å². The second-order valence-electron chi connectivity index (χ2n) is 4.19. The summed E-state index contributed by atoms with van der Waals surface area (Å²) in [5.41, 5.74) is 0.361. The smallest absolute Gasteiger partial charge is 0.273 e. The van der Waals surface area contributed by atoms with Gasteiger partial charge in [0.15, 0.2) is 5.69 Å². The summed E-state index contributed by atoms with van der Waals surface area (Å²) < 4.78 is 4.85. The minimum atomic E-state index is -0.152. The largest absolute Gasteiger partial charge is 0.361 e. The van der Waals surface area contributed by atoms with Gasteiger partial charge in [-0.3, -0.25) is 4.79 Å². The van der Waals surface area contributed by atoms with E-state index in [-0.39, 0.29) is 11.9 Å². The Morgan fingerprint density at radius 3 is 2.88 bits per heavy atom. The van der Waals surface area contributed by atoms with Crippen LogP contribution in [0.3, 0.4) is 0 Å². The van der Waals surface area contributed by atoms with Crippen LogP contribution in [-0.2, 0) is 0 Å². The van der Waals surface area contributed by atoms with Gasteiger partial charge in [-0.15, -0.1) is 0 Å². The predicted molar refractivity (Wildman–Crippen MR) is 62.3 cm³/mol. The molecule has 0 saturated heterocycles. The Kier molecular flexibility index (Phi) is 5.02. The van der Waals surface area contributed by atoms with Crippen molar-refractivity contribution in [1.82, 2.24) is 10.5 Å². The summed E-state index contributed by atoms with van der Waals surface area (Å²) in [4.78, 5) is 11.7. The zero-order chi connectivity index (χ0) is 12.0. The van der Waals surface area contributed by atoms with Crippen molar-refractivity contribution in [3.63, 3.8) is 0 Å². The van der Waals surface area contributed by atoms with E-state index >= 15 is 0 Å². The van der Waals surface area contributed by atoms with Gasteiger partial charge in [-0.25, -0.2) is 0 Å². The van der Waals surface area contributed by atoms with Crippen molar-refractivity contribution in [2.75, 3.05) is 0 Å². The van der Waals surface area contributed by atoms with Crippen molar-refractivity contribution in [2.45, 2.75) is 52.5 Å². The first-order chi connectivity index (χ1) is 7.63. The first kappa shape index (κ1) is 12.7. The highest BCUT2D eigenvalue weighted by molar-refractivity contribution is 5.92. The molecule has 0 aliphatic carbocycles. The number of aryl methyl sites for hydroxylation is 1. The Balaban J connectivity index is 2.33. The first-order valence-electron chi connectivity index (χ1n) is 5.87. The molecule has 1 N–H and O–H groups in total. The van der Waals surface area contributed by atoms with E-state index in [9.17, 15) is 4.79 Å². The third-order valence-corrected chi connectivity index (χ3v) is 2.48. The van der Waals surface area contributed by atoms with Gasteiger partial charge in [-0.2, -0.15) is 0 Å². The fraction of sp³-hybridized carbons (Fsp3) is 0.667. The molecule has 1 aromatic rings. The zero-order valence-electron chi connectivity index (χ0n) is 10.2. The van der Waals surface area contributed by atoms with Gasteiger partial charge < -0.3 is 9.84 Å². The Morgan fingerprint density at radius 1 is 1.56 bits per heavy atom. The van der Waals surface area contributed by atoms with Gasteiger partial charge in [0.25, 0.3) is 5.91 Å². The van der Waals surface area contributed by atoms with Crippen molar-refractivity contribution in [3.8, 4) is 0 Å². The number of rotatable bonds is 6. The lowest BCUT2D eigenvalue weighted by atomic mass is 10.1. The van der Waals surface area contributed by atoms with Crippen LogP contribution in [0.1, 0.15) is 55.8 Å². The van der Waals surface area contributed by atoms with E-state index in [4.69, 9.17) is 4.52 Å². The number of nitrogens with one attached hydrogen (secondary N) is 1. The Bertz CT molecular complexity index is 334. The molecular formula is C12H20N2O2. The molecule has 0 aliphatic rings. The average molecular weight is 224 g/mol. The minimum absolute atomic E-state index is 0.152. The lowest BCUT2D eigenvalue weighted by Crippen LogP contribution is -2.32. The molecule has 1 amide bonds. The van der Waals surface area contributed by atoms with Crippen LogP contribution in [-0.4, -0.2) is 17.1 Å². The summed E-state index contributed by atoms with van der Waals surface area (Å²) >= 11 is 0. The fourth-order valence-electron chi connectivity index (χ4n) is 1.54. The maximum absolute atomic E-state index is 11.7. The standard InChI is InChI=1S/C12H20N2O2/c1-4-5-6-7-9(2)13-12(15)11-8-10(3)16-14-11/h8-9H,4-7H2,1-3H3,(H,13,15). The molecule has 0 spiro atoms. The summed E-state index contributed by atoms with van der Waals surface area (Å²) in [6.07, 6.45) is 4.57. The van der Waals surface area contributed by atoms with Crippen molar-refractivity contribution in [3.05, 3.63) is 17.5 Å². The van der Waals surface area contributed by atoms with Gasteiger partial charge in [0.2, 0.25) is 0 Å². The highest BCUT2D eigenvalue weighted by Crippen LogP contribution is 2.05. The third kappa shape index (κ3) is 4.04. The van der Waals surface area contributed by atoms with Gasteiger partial charge in [-0.05, 0) is 20.3 Å². The highest BCUT2D eigenvalue weighted by Gasteiger charge is 2.13. The molecule has 90 valence electrons. The number of carbonyl (C=O) groups is 1. The maximum Gasteiger partial charge on any atom is 0.273 e. The zero-order valence-corrected chi connectivity index (χ0v) is 10.2. The Hall–Kier alpha value is -1.32. The summed E-state index contributed by atoms with van der Waals surface area (Å²) in [7, 11) is 0. The monoisotopic (exact) mass is 224 g/mol. The Morgan fingerprint density at radius 2 is 2.31 bits per heavy atom. The van der Waals surface area contributed by atoms with Crippen LogP contribution >= 0.6 is 0 Å². The molecule has 0 aliphatic heterocycles. The van der Waals surface area contributed by atoms with Gasteiger partial charge in [0, 0.05) is 12.1 Å². The van der Waals surface area contributed by atoms with Gasteiger partial charge in [-0.1, -0.05) is 31.3 Å². The molecule has 0 aromatic carbocycles. The number of unbranched alkanes of at least 4 members (excludes halogenated alkanes) is 2. The van der Waals surface area contributed by atoms with Gasteiger partial charge >= 0.3 is 0 Å². The first-order valence-corrected chi connectivity index (χ1v) is 5.87. The molecule has 0 radical (unpaired) electrons. The van der Waals surface area contributed by atoms with Crippen LogP contribution in [0.4, 0.5) is 0 Å². The molecule has 4 heteroatoms. The molecule has 0 fully saturated rings. The summed E-state index contributed by atoms with van der Waals surface area (Å²) in [5.74, 6) is 0.504. The summed E-state index contributed by atoms with van der Waals surface area (Å²) in [6, 6.07) is 1.84. The lowest BCUT2D eigenvalue weighted by Gasteiger charge is -2.11. The van der Waals surface area contributed by atoms with E-state index in [1.165, 1.54) is 12.8 Å². The highest BCUT2D eigenvalue weighted by atomic mass is 16.5. The quantitative estimate of drug-likeness (QED) is 0.756. The van der Waals surface area contributed by atoms with E-state index < -0.39 is 0 Å². The van der Waals surface area contributed by atoms with Crippen molar-refractivity contribution in [2.24, 2.45) is 0 Å². The normalized spacial score (nSPS) is 12.4. The molecule has 16 heavy (non-hydrogen) atoms. The van der Waals surface area contributed by atoms with E-state index in [1.807, 2.05) is 6.92 Å². The Labute approximate surface area is 96.4 Å². The number of hydrogen-bond donors (Lipinski definition) is 1. The maximum atomic E-state index is 11.7. The lowest BCUT2D eigenvalue weighted by molar-refractivity contribution is 0.0928. The van der Waals surface area contributed by atoms with Crippen molar-refractivity contribution in [1.29, 1.82) is 0 Å². The van der Waals surface area contributed by atoms with Crippen molar-refractivity contribution >= 4 is 5.91 Å². The van der Waals surface area contributed by atoms with Crippen LogP contribution in [0.15, 0.2) is 10.6 Å². The number of hydrogen-bond acceptors (Lipinski definition) is 3. The SMILES string of the molecule is CCCCCC(C)NC(=O)c1cc(C)on1. The summed E-state index contributed by atoms with van der Waals surface area (Å²) in [5, 5.41) is 6.59. The van der Waals surface area contributed by atoms with E-state index in [2.05, 4.69) is 17.4 Å². The molecule has 0 saturated carbocycles. The topological polar surface area (TPSA) is 55.1 Å². The second kappa shape index (κ2) is 6.30. The minimum Gasteiger partial charge on any atom is -0.361 e. The third-order valence-electron chi connectivity index (χ3n) is 2.48. The molecule has 1 heterocycles. The van der Waals surface area contributed by atoms with Crippen LogP contribution in [0.2, 0.25) is 0 Å². The molecule has 1 atom stereocenters. The predicted octanol–water partition coefficient (Wildman–Crippen LogP) is 2.68. The number of carbonyl (C=O) groups excluding carboxylic acids is 1. The van der Waals surface area contributed by atoms with Crippen LogP contribution in [0.25, 0.3) is 0 Å². The van der Waals surface area contributed by atoms with Gasteiger partial charge in [0.05, 0.1) is 0 Å². The number of nitrogens with zero attached hydrogens (tertiary/aromatic N) is 1. The number of amides is 1. The summed E-state index contributed by atoms with van der Waals surface area (Å²) in [6.45, 7) is 5.95. The molecule has 0 bridgehead atoms. The molecule has 4 nitrogen and oxygen atoms in total. The number of aromatic nitrogens is 1. The fourth-order valence-corrected chi connectivity index (χ4v) is 1.54. The molecule has 1 unspecified atom stereocenters. The van der Waals surface area contributed by atoms with E-state index in [1.54, 1.807) is 13.0 Å². The second-order valence-corrected chi connectivity index (χ2v) is 4.19. The molecule has 1 rings (SSSR count). The van der Waals surface area contributed by atoms with Crippen LogP contribution in [0.5, 0.6) is 0 Å². The van der Waals surface area contributed by atoms with Gasteiger partial charge in [0.1, 0.15) is 5.76 Å². The van der Waals surface area contributed by atoms with E-state index in [0.29, 0.717) is 11.5 Å².